The number of carbonyl (C=O) groups excluding carboxylic acids is 2. The SMILES string of the molecule is CC(C)N(Cc1ccccc1)C(=O)c1cncc(C(=O)NC(C)(C)C)c1. The van der Waals surface area contributed by atoms with E-state index in [1.807, 2.05) is 65.0 Å². The van der Waals surface area contributed by atoms with Gasteiger partial charge in [-0.3, -0.25) is 14.6 Å². The molecule has 0 aliphatic rings. The second kappa shape index (κ2) is 8.13. The largest absolute Gasteiger partial charge is 0.347 e. The minimum atomic E-state index is -0.353. The molecule has 138 valence electrons. The molecule has 0 atom stereocenters. The summed E-state index contributed by atoms with van der Waals surface area (Å²) in [4.78, 5) is 31.2. The number of rotatable bonds is 5. The molecule has 0 spiro atoms. The van der Waals surface area contributed by atoms with Crippen LogP contribution in [0, 0.1) is 0 Å². The lowest BCUT2D eigenvalue weighted by atomic mass is 10.1. The van der Waals surface area contributed by atoms with E-state index < -0.39 is 0 Å². The molecule has 0 aliphatic carbocycles. The van der Waals surface area contributed by atoms with Crippen molar-refractivity contribution in [1.82, 2.24) is 15.2 Å². The van der Waals surface area contributed by atoms with Crippen molar-refractivity contribution >= 4 is 11.8 Å². The minimum Gasteiger partial charge on any atom is -0.347 e. The van der Waals surface area contributed by atoms with Crippen molar-refractivity contribution in [2.75, 3.05) is 0 Å². The maximum atomic E-state index is 13.0. The highest BCUT2D eigenvalue weighted by atomic mass is 16.2. The highest BCUT2D eigenvalue weighted by molar-refractivity contribution is 5.99. The van der Waals surface area contributed by atoms with Crippen molar-refractivity contribution in [2.24, 2.45) is 0 Å². The maximum Gasteiger partial charge on any atom is 0.255 e. The standard InChI is InChI=1S/C21H27N3O2/c1-15(2)24(14-16-9-7-6-8-10-16)20(26)18-11-17(12-22-13-18)19(25)23-21(3,4)5/h6-13,15H,14H2,1-5H3,(H,23,25). The zero-order valence-corrected chi connectivity index (χ0v) is 16.1. The van der Waals surface area contributed by atoms with Gasteiger partial charge in [-0.2, -0.15) is 0 Å². The Morgan fingerprint density at radius 2 is 1.69 bits per heavy atom. The fourth-order valence-corrected chi connectivity index (χ4v) is 2.53. The van der Waals surface area contributed by atoms with Gasteiger partial charge in [-0.1, -0.05) is 30.3 Å². The Morgan fingerprint density at radius 1 is 1.08 bits per heavy atom. The summed E-state index contributed by atoms with van der Waals surface area (Å²) >= 11 is 0. The van der Waals surface area contributed by atoms with Gasteiger partial charge in [0.15, 0.2) is 0 Å². The molecule has 2 amide bonds. The summed E-state index contributed by atoms with van der Waals surface area (Å²) in [5.41, 5.74) is 1.50. The smallest absolute Gasteiger partial charge is 0.255 e. The van der Waals surface area contributed by atoms with Crippen LogP contribution < -0.4 is 5.32 Å². The molecule has 2 aromatic rings. The van der Waals surface area contributed by atoms with Gasteiger partial charge in [0.1, 0.15) is 0 Å². The van der Waals surface area contributed by atoms with Gasteiger partial charge < -0.3 is 10.2 Å². The number of amides is 2. The topological polar surface area (TPSA) is 62.3 Å². The second-order valence-electron chi connectivity index (χ2n) is 7.68. The quantitative estimate of drug-likeness (QED) is 0.892. The van der Waals surface area contributed by atoms with Gasteiger partial charge in [0.2, 0.25) is 0 Å². The van der Waals surface area contributed by atoms with E-state index in [1.165, 1.54) is 12.4 Å². The zero-order chi connectivity index (χ0) is 19.3. The van der Waals surface area contributed by atoms with Gasteiger partial charge >= 0.3 is 0 Å². The molecule has 1 heterocycles. The van der Waals surface area contributed by atoms with Gasteiger partial charge in [-0.15, -0.1) is 0 Å². The van der Waals surface area contributed by atoms with Crippen LogP contribution in [0.1, 0.15) is 60.9 Å². The molecule has 0 aliphatic heterocycles. The zero-order valence-electron chi connectivity index (χ0n) is 16.1. The molecule has 5 heteroatoms. The van der Waals surface area contributed by atoms with E-state index >= 15 is 0 Å². The number of benzene rings is 1. The van der Waals surface area contributed by atoms with E-state index in [9.17, 15) is 9.59 Å². The third kappa shape index (κ3) is 5.41. The monoisotopic (exact) mass is 353 g/mol. The maximum absolute atomic E-state index is 13.0. The first-order valence-corrected chi connectivity index (χ1v) is 8.80. The van der Waals surface area contributed by atoms with Crippen LogP contribution in [0.15, 0.2) is 48.8 Å². The Bertz CT molecular complexity index is 764. The number of pyridine rings is 1. The molecule has 5 nitrogen and oxygen atoms in total. The van der Waals surface area contributed by atoms with Crippen LogP contribution >= 0.6 is 0 Å². The lowest BCUT2D eigenvalue weighted by Gasteiger charge is -2.27. The summed E-state index contributed by atoms with van der Waals surface area (Å²) < 4.78 is 0. The van der Waals surface area contributed by atoms with Crippen LogP contribution in [-0.4, -0.2) is 33.3 Å². The van der Waals surface area contributed by atoms with E-state index in [0.29, 0.717) is 17.7 Å². The van der Waals surface area contributed by atoms with E-state index in [2.05, 4.69) is 10.3 Å². The summed E-state index contributed by atoms with van der Waals surface area (Å²) in [5.74, 6) is -0.374. The Balaban J connectivity index is 2.23. The summed E-state index contributed by atoms with van der Waals surface area (Å²) in [6, 6.07) is 11.5. The number of aromatic nitrogens is 1. The fraction of sp³-hybridized carbons (Fsp3) is 0.381. The molecule has 0 radical (unpaired) electrons. The van der Waals surface area contributed by atoms with Gasteiger partial charge in [0.05, 0.1) is 11.1 Å². The number of nitrogens with one attached hydrogen (secondary N) is 1. The van der Waals surface area contributed by atoms with E-state index in [0.717, 1.165) is 5.56 Å². The molecule has 26 heavy (non-hydrogen) atoms. The number of hydrogen-bond acceptors (Lipinski definition) is 3. The molecule has 0 bridgehead atoms. The van der Waals surface area contributed by atoms with Crippen molar-refractivity contribution in [3.05, 3.63) is 65.5 Å². The number of hydrogen-bond donors (Lipinski definition) is 1. The second-order valence-corrected chi connectivity index (χ2v) is 7.68. The molecule has 2 rings (SSSR count). The van der Waals surface area contributed by atoms with Crippen molar-refractivity contribution in [3.8, 4) is 0 Å². The summed E-state index contributed by atoms with van der Waals surface area (Å²) in [5, 5.41) is 2.89. The van der Waals surface area contributed by atoms with Crippen molar-refractivity contribution in [2.45, 2.75) is 52.7 Å². The predicted molar refractivity (Wildman–Crippen MR) is 103 cm³/mol. The average Bonchev–Trinajstić information content (AvgIpc) is 2.58. The van der Waals surface area contributed by atoms with Crippen LogP contribution in [0.2, 0.25) is 0 Å². The van der Waals surface area contributed by atoms with Gasteiger partial charge in [0.25, 0.3) is 11.8 Å². The van der Waals surface area contributed by atoms with E-state index in [1.54, 1.807) is 11.0 Å². The third-order valence-corrected chi connectivity index (χ3v) is 3.82. The summed E-state index contributed by atoms with van der Waals surface area (Å²) in [7, 11) is 0. The Kier molecular flexibility index (Phi) is 6.14. The Hall–Kier alpha value is -2.69. The number of nitrogens with zero attached hydrogens (tertiary/aromatic N) is 2. The molecular formula is C21H27N3O2. The van der Waals surface area contributed by atoms with Gasteiger partial charge in [-0.25, -0.2) is 0 Å². The van der Waals surface area contributed by atoms with Crippen molar-refractivity contribution in [1.29, 1.82) is 0 Å². The van der Waals surface area contributed by atoms with Crippen LogP contribution in [0.5, 0.6) is 0 Å². The van der Waals surface area contributed by atoms with Crippen LogP contribution in [-0.2, 0) is 6.54 Å². The van der Waals surface area contributed by atoms with Crippen molar-refractivity contribution in [3.63, 3.8) is 0 Å². The Labute approximate surface area is 155 Å². The first-order chi connectivity index (χ1) is 12.2. The van der Waals surface area contributed by atoms with E-state index in [-0.39, 0.29) is 23.4 Å². The highest BCUT2D eigenvalue weighted by Crippen LogP contribution is 2.14. The molecule has 1 N–H and O–H groups in total. The molecular weight excluding hydrogens is 326 g/mol. The molecule has 1 aromatic heterocycles. The molecule has 0 saturated carbocycles. The van der Waals surface area contributed by atoms with Crippen LogP contribution in [0.4, 0.5) is 0 Å². The van der Waals surface area contributed by atoms with E-state index in [4.69, 9.17) is 0 Å². The lowest BCUT2D eigenvalue weighted by molar-refractivity contribution is 0.0690. The Morgan fingerprint density at radius 3 is 2.27 bits per heavy atom. The minimum absolute atomic E-state index is 0.0229. The predicted octanol–water partition coefficient (Wildman–Crippen LogP) is 3.66. The summed E-state index contributed by atoms with van der Waals surface area (Å²) in [6.07, 6.45) is 2.99. The third-order valence-electron chi connectivity index (χ3n) is 3.82. The first kappa shape index (κ1) is 19.6. The summed E-state index contributed by atoms with van der Waals surface area (Å²) in [6.45, 7) is 10.2. The molecule has 1 aromatic carbocycles. The van der Waals surface area contributed by atoms with Gasteiger partial charge in [0, 0.05) is 30.5 Å². The number of carbonyl (C=O) groups is 2. The average molecular weight is 353 g/mol. The van der Waals surface area contributed by atoms with Gasteiger partial charge in [-0.05, 0) is 46.2 Å². The normalized spacial score (nSPS) is 11.3. The highest BCUT2D eigenvalue weighted by Gasteiger charge is 2.21. The molecule has 0 saturated heterocycles. The lowest BCUT2D eigenvalue weighted by Crippen LogP contribution is -2.41. The molecule has 0 fully saturated rings. The van der Waals surface area contributed by atoms with Crippen LogP contribution in [0.3, 0.4) is 0 Å². The first-order valence-electron chi connectivity index (χ1n) is 8.80. The van der Waals surface area contributed by atoms with Crippen molar-refractivity contribution < 1.29 is 9.59 Å². The van der Waals surface area contributed by atoms with Crippen LogP contribution in [0.25, 0.3) is 0 Å². The fourth-order valence-electron chi connectivity index (χ4n) is 2.53. The molecule has 0 unspecified atom stereocenters.